The van der Waals surface area contributed by atoms with E-state index in [2.05, 4.69) is 9.97 Å². The highest BCUT2D eigenvalue weighted by Gasteiger charge is 2.38. The molecule has 1 aliphatic heterocycles. The zero-order valence-electron chi connectivity index (χ0n) is 13.5. The topological polar surface area (TPSA) is 74.5 Å². The summed E-state index contributed by atoms with van der Waals surface area (Å²) in [5.41, 5.74) is 1.52. The van der Waals surface area contributed by atoms with Gasteiger partial charge in [-0.25, -0.2) is 9.18 Å². The minimum absolute atomic E-state index is 0.0293. The molecule has 0 N–H and O–H groups in total. The van der Waals surface area contributed by atoms with Crippen LogP contribution in [-0.2, 0) is 11.2 Å². The van der Waals surface area contributed by atoms with Crippen molar-refractivity contribution in [1.29, 1.82) is 0 Å². The summed E-state index contributed by atoms with van der Waals surface area (Å²) in [5, 5.41) is 0.0293. The third-order valence-electron chi connectivity index (χ3n) is 4.02. The third-order valence-corrected chi connectivity index (χ3v) is 4.32. The summed E-state index contributed by atoms with van der Waals surface area (Å²) in [5.74, 6) is -0.698. The molecule has 1 aromatic carbocycles. The minimum atomic E-state index is -0.691. The van der Waals surface area contributed by atoms with Crippen LogP contribution in [0.15, 0.2) is 41.0 Å². The van der Waals surface area contributed by atoms with Gasteiger partial charge in [0.15, 0.2) is 5.76 Å². The molecular formula is C18H12ClFN2O4. The lowest BCUT2D eigenvalue weighted by Crippen LogP contribution is -2.06. The largest absolute Gasteiger partial charge is 0.467 e. The maximum atomic E-state index is 13.7. The molecule has 26 heavy (non-hydrogen) atoms. The molecule has 3 heterocycles. The van der Waals surface area contributed by atoms with Gasteiger partial charge in [-0.05, 0) is 29.8 Å². The number of rotatable bonds is 4. The van der Waals surface area contributed by atoms with Gasteiger partial charge < -0.3 is 13.9 Å². The molecule has 4 rings (SSSR count). The Labute approximate surface area is 152 Å². The number of carbonyl (C=O) groups excluding carboxylic acids is 1. The predicted octanol–water partition coefficient (Wildman–Crippen LogP) is 3.99. The number of furan rings is 1. The number of fused-ring (bicyclic) bond motifs is 1. The Balaban J connectivity index is 1.77. The van der Waals surface area contributed by atoms with Crippen LogP contribution in [0.4, 0.5) is 4.39 Å². The number of hydrogen-bond acceptors (Lipinski definition) is 6. The Hall–Kier alpha value is -2.93. The monoisotopic (exact) mass is 374 g/mol. The molecule has 0 saturated carbocycles. The fourth-order valence-corrected chi connectivity index (χ4v) is 2.95. The minimum Gasteiger partial charge on any atom is -0.467 e. The van der Waals surface area contributed by atoms with Gasteiger partial charge >= 0.3 is 12.0 Å². The van der Waals surface area contributed by atoms with Crippen LogP contribution in [0.3, 0.4) is 0 Å². The Morgan fingerprint density at radius 1 is 1.31 bits per heavy atom. The summed E-state index contributed by atoms with van der Waals surface area (Å²) < 4.78 is 29.6. The average Bonchev–Trinajstić information content (AvgIpc) is 3.26. The molecule has 2 aromatic heterocycles. The van der Waals surface area contributed by atoms with Gasteiger partial charge in [-0.3, -0.25) is 0 Å². The molecule has 1 atom stereocenters. The molecule has 3 aromatic rings. The van der Waals surface area contributed by atoms with E-state index in [1.54, 1.807) is 18.2 Å². The number of carbonyl (C=O) groups is 1. The molecule has 1 aliphatic rings. The summed E-state index contributed by atoms with van der Waals surface area (Å²) in [6.07, 6.45) is 1.03. The van der Waals surface area contributed by atoms with Gasteiger partial charge in [0, 0.05) is 6.42 Å². The van der Waals surface area contributed by atoms with E-state index in [0.29, 0.717) is 22.7 Å². The van der Waals surface area contributed by atoms with Gasteiger partial charge in [0.1, 0.15) is 28.9 Å². The first kappa shape index (κ1) is 16.5. The number of nitrogens with zero attached hydrogens (tertiary/aromatic N) is 2. The van der Waals surface area contributed by atoms with E-state index >= 15 is 0 Å². The highest BCUT2D eigenvalue weighted by Crippen LogP contribution is 2.38. The van der Waals surface area contributed by atoms with Crippen molar-refractivity contribution >= 4 is 17.6 Å². The Morgan fingerprint density at radius 2 is 2.15 bits per heavy atom. The van der Waals surface area contributed by atoms with Gasteiger partial charge in [0.25, 0.3) is 0 Å². The van der Waals surface area contributed by atoms with Crippen molar-refractivity contribution in [3.05, 3.63) is 64.3 Å². The summed E-state index contributed by atoms with van der Waals surface area (Å²) in [7, 11) is 1.43. The molecule has 0 radical (unpaired) electrons. The van der Waals surface area contributed by atoms with E-state index in [9.17, 15) is 9.18 Å². The number of aromatic nitrogens is 2. The summed E-state index contributed by atoms with van der Waals surface area (Å²) >= 11 is 5.71. The van der Waals surface area contributed by atoms with Crippen molar-refractivity contribution in [2.75, 3.05) is 7.11 Å². The second-order valence-electron chi connectivity index (χ2n) is 5.64. The van der Waals surface area contributed by atoms with Crippen LogP contribution in [0.25, 0.3) is 11.5 Å². The smallest absolute Gasteiger partial charge is 0.343 e. The maximum Gasteiger partial charge on any atom is 0.343 e. The molecule has 132 valence electrons. The highest BCUT2D eigenvalue weighted by atomic mass is 35.5. The van der Waals surface area contributed by atoms with Crippen LogP contribution in [-0.4, -0.2) is 23.0 Å². The molecule has 0 spiro atoms. The second kappa shape index (κ2) is 6.42. The number of methoxy groups -OCH3 is 1. The first-order chi connectivity index (χ1) is 12.6. The molecule has 6 nitrogen and oxygen atoms in total. The molecule has 0 saturated heterocycles. The maximum absolute atomic E-state index is 13.7. The van der Waals surface area contributed by atoms with Gasteiger partial charge in [-0.2, -0.15) is 9.97 Å². The second-order valence-corrected chi connectivity index (χ2v) is 6.05. The van der Waals surface area contributed by atoms with Crippen LogP contribution in [0.2, 0.25) is 5.02 Å². The van der Waals surface area contributed by atoms with Crippen LogP contribution >= 0.6 is 11.6 Å². The fraction of sp³-hybridized carbons (Fsp3) is 0.167. The molecular weight excluding hydrogens is 363 g/mol. The number of ether oxygens (including phenoxy) is 2. The molecule has 1 unspecified atom stereocenters. The quantitative estimate of drug-likeness (QED) is 0.643. The van der Waals surface area contributed by atoms with Crippen molar-refractivity contribution in [2.24, 2.45) is 0 Å². The molecule has 8 heteroatoms. The zero-order chi connectivity index (χ0) is 18.3. The van der Waals surface area contributed by atoms with Crippen molar-refractivity contribution < 1.29 is 23.1 Å². The number of benzene rings is 1. The zero-order valence-corrected chi connectivity index (χ0v) is 14.3. The van der Waals surface area contributed by atoms with E-state index < -0.39 is 17.9 Å². The van der Waals surface area contributed by atoms with Crippen molar-refractivity contribution in [1.82, 2.24) is 9.97 Å². The van der Waals surface area contributed by atoms with E-state index in [0.717, 1.165) is 0 Å². The standard InChI is InChI=1S/C18H12ClFN2O4/c1-24-18-21-15(12-3-2-6-25-12)14-16(22-18)13(26-17(14)23)8-9-4-5-10(19)11(20)7-9/h2-7,13H,8H2,1H3. The van der Waals surface area contributed by atoms with Gasteiger partial charge in [-0.1, -0.05) is 17.7 Å². The lowest BCUT2D eigenvalue weighted by Gasteiger charge is -2.11. The summed E-state index contributed by atoms with van der Waals surface area (Å²) in [6.45, 7) is 0. The van der Waals surface area contributed by atoms with Crippen molar-refractivity contribution in [2.45, 2.75) is 12.5 Å². The third kappa shape index (κ3) is 2.80. The van der Waals surface area contributed by atoms with Gasteiger partial charge in [0.05, 0.1) is 18.4 Å². The van der Waals surface area contributed by atoms with Crippen LogP contribution in [0.5, 0.6) is 6.01 Å². The molecule has 0 aliphatic carbocycles. The van der Waals surface area contributed by atoms with E-state index in [1.807, 2.05) is 0 Å². The SMILES string of the molecule is COc1nc(-c2ccco2)c2c(n1)C(Cc1ccc(Cl)c(F)c1)OC2=O. The molecule has 0 bridgehead atoms. The van der Waals surface area contributed by atoms with Crippen LogP contribution in [0.1, 0.15) is 27.7 Å². The number of cyclic esters (lactones) is 1. The van der Waals surface area contributed by atoms with E-state index in [4.69, 9.17) is 25.5 Å². The first-order valence-electron chi connectivity index (χ1n) is 7.71. The average molecular weight is 375 g/mol. The van der Waals surface area contributed by atoms with E-state index in [-0.39, 0.29) is 23.0 Å². The van der Waals surface area contributed by atoms with Crippen LogP contribution < -0.4 is 4.74 Å². The van der Waals surface area contributed by atoms with Crippen molar-refractivity contribution in [3.8, 4) is 17.5 Å². The summed E-state index contributed by atoms with van der Waals surface area (Å²) in [6, 6.07) is 7.88. The predicted molar refractivity (Wildman–Crippen MR) is 89.6 cm³/mol. The number of hydrogen-bond donors (Lipinski definition) is 0. The van der Waals surface area contributed by atoms with Crippen molar-refractivity contribution in [3.63, 3.8) is 0 Å². The summed E-state index contributed by atoms with van der Waals surface area (Å²) in [4.78, 5) is 20.9. The van der Waals surface area contributed by atoms with Gasteiger partial charge in [0.2, 0.25) is 0 Å². The molecule has 0 amide bonds. The lowest BCUT2D eigenvalue weighted by atomic mass is 10.0. The van der Waals surface area contributed by atoms with Gasteiger partial charge in [-0.15, -0.1) is 0 Å². The Morgan fingerprint density at radius 3 is 2.85 bits per heavy atom. The van der Waals surface area contributed by atoms with E-state index in [1.165, 1.54) is 25.5 Å². The fourth-order valence-electron chi connectivity index (χ4n) is 2.84. The number of halogens is 2. The highest BCUT2D eigenvalue weighted by molar-refractivity contribution is 6.30. The number of esters is 1. The normalized spacial score (nSPS) is 15.7. The van der Waals surface area contributed by atoms with Crippen LogP contribution in [0, 0.1) is 5.82 Å². The lowest BCUT2D eigenvalue weighted by molar-refractivity contribution is 0.0382. The Bertz CT molecular complexity index is 991. The first-order valence-corrected chi connectivity index (χ1v) is 8.09. The molecule has 0 fully saturated rings. The Kier molecular flexibility index (Phi) is 4.08.